The number of aliphatic hydroxyl groups excluding tert-OH is 3. The Hall–Kier alpha value is -1.17. The Morgan fingerprint density at radius 3 is 1.35 bits per heavy atom. The number of amides is 1. The van der Waals surface area contributed by atoms with Gasteiger partial charge in [-0.05, 0) is 44.9 Å². The lowest BCUT2D eigenvalue weighted by molar-refractivity contribution is -0.131. The third-order valence-electron chi connectivity index (χ3n) is 8.54. The van der Waals surface area contributed by atoms with E-state index in [1.165, 1.54) is 122 Å². The smallest absolute Gasteiger partial charge is 0.249 e. The summed E-state index contributed by atoms with van der Waals surface area (Å²) < 4.78 is 0. The molecule has 0 rings (SSSR count). The Morgan fingerprint density at radius 1 is 0.558 bits per heavy atom. The molecule has 1 amide bonds. The maximum Gasteiger partial charge on any atom is 0.249 e. The van der Waals surface area contributed by atoms with Gasteiger partial charge in [-0.15, -0.1) is 0 Å². The van der Waals surface area contributed by atoms with E-state index in [1.807, 2.05) is 6.08 Å². The van der Waals surface area contributed by atoms with E-state index in [1.54, 1.807) is 6.08 Å². The Bertz CT molecular complexity index is 635. The minimum atomic E-state index is -1.10. The summed E-state index contributed by atoms with van der Waals surface area (Å²) in [5.74, 6) is -0.513. The number of unbranched alkanes of at least 4 members (excludes halogenated alkanes) is 23. The van der Waals surface area contributed by atoms with Crippen LogP contribution in [0.15, 0.2) is 24.3 Å². The highest BCUT2D eigenvalue weighted by Gasteiger charge is 2.22. The van der Waals surface area contributed by atoms with Gasteiger partial charge in [-0.2, -0.15) is 0 Å². The molecule has 0 spiro atoms. The summed E-state index contributed by atoms with van der Waals surface area (Å²) in [4.78, 5) is 12.4. The summed E-state index contributed by atoms with van der Waals surface area (Å²) in [5, 5.41) is 32.9. The van der Waals surface area contributed by atoms with Gasteiger partial charge in [0.1, 0.15) is 6.10 Å². The molecule has 0 aromatic carbocycles. The Balaban J connectivity index is 3.77. The van der Waals surface area contributed by atoms with E-state index < -0.39 is 24.2 Å². The third-order valence-corrected chi connectivity index (χ3v) is 8.54. The topological polar surface area (TPSA) is 89.8 Å². The van der Waals surface area contributed by atoms with Crippen LogP contribution in [0.4, 0.5) is 0 Å². The maximum absolute atomic E-state index is 12.4. The Morgan fingerprint density at radius 2 is 0.930 bits per heavy atom. The fourth-order valence-electron chi connectivity index (χ4n) is 5.53. The number of hydrogen-bond donors (Lipinski definition) is 4. The van der Waals surface area contributed by atoms with Crippen LogP contribution in [0.1, 0.15) is 187 Å². The minimum Gasteiger partial charge on any atom is -0.394 e. The molecule has 0 bridgehead atoms. The molecule has 0 aliphatic heterocycles. The van der Waals surface area contributed by atoms with E-state index >= 15 is 0 Å². The second kappa shape index (κ2) is 33.7. The lowest BCUT2D eigenvalue weighted by Gasteiger charge is -2.21. The van der Waals surface area contributed by atoms with Crippen LogP contribution >= 0.6 is 0 Å². The number of hydrogen-bond acceptors (Lipinski definition) is 4. The van der Waals surface area contributed by atoms with Gasteiger partial charge in [0.25, 0.3) is 0 Å². The van der Waals surface area contributed by atoms with Crippen molar-refractivity contribution in [2.45, 2.75) is 205 Å². The minimum absolute atomic E-state index is 0.366. The van der Waals surface area contributed by atoms with Crippen LogP contribution in [0.25, 0.3) is 0 Å². The number of carbonyl (C=O) groups is 1. The maximum atomic E-state index is 12.4. The molecule has 0 aliphatic rings. The number of nitrogens with one attached hydrogen (secondary N) is 1. The molecule has 43 heavy (non-hydrogen) atoms. The molecule has 3 atom stereocenters. The third kappa shape index (κ3) is 29.3. The molecule has 0 aromatic rings. The number of aliphatic hydroxyl groups is 3. The standard InChI is InChI=1S/C38H73NO4/c1-3-5-7-9-11-13-15-17-19-21-23-25-27-29-31-33-37(42)38(43)39-35(34-40)36(41)32-30-28-26-24-22-20-18-16-14-12-10-8-6-4-2/h19,21,30,32,35-37,40-42H,3-18,20,22-29,31,33-34H2,1-2H3,(H,39,43)/b21-19-,32-30+. The largest absolute Gasteiger partial charge is 0.394 e. The van der Waals surface area contributed by atoms with Gasteiger partial charge >= 0.3 is 0 Å². The monoisotopic (exact) mass is 608 g/mol. The first-order chi connectivity index (χ1) is 21.1. The van der Waals surface area contributed by atoms with Crippen LogP contribution in [-0.2, 0) is 4.79 Å². The fourth-order valence-corrected chi connectivity index (χ4v) is 5.53. The molecule has 0 heterocycles. The molecule has 4 N–H and O–H groups in total. The highest BCUT2D eigenvalue weighted by molar-refractivity contribution is 5.80. The average molecular weight is 608 g/mol. The highest BCUT2D eigenvalue weighted by Crippen LogP contribution is 2.14. The van der Waals surface area contributed by atoms with Crippen LogP contribution in [0.2, 0.25) is 0 Å². The van der Waals surface area contributed by atoms with Crippen molar-refractivity contribution in [3.05, 3.63) is 24.3 Å². The van der Waals surface area contributed by atoms with Crippen molar-refractivity contribution in [2.75, 3.05) is 6.61 Å². The molecular formula is C38H73NO4. The van der Waals surface area contributed by atoms with E-state index in [0.717, 1.165) is 44.9 Å². The normalized spacial score (nSPS) is 14.1. The van der Waals surface area contributed by atoms with Crippen molar-refractivity contribution in [1.29, 1.82) is 0 Å². The summed E-state index contributed by atoms with van der Waals surface area (Å²) in [6, 6.07) is -0.798. The summed E-state index contributed by atoms with van der Waals surface area (Å²) in [5.41, 5.74) is 0. The zero-order chi connectivity index (χ0) is 31.6. The quantitative estimate of drug-likeness (QED) is 0.0441. The SMILES string of the molecule is CCCCCCCCC/C=C\CCCCCCC(O)C(=O)NC(CO)C(O)/C=C/CCCCCCCCCCCCCC. The fraction of sp³-hybridized carbons (Fsp3) is 0.868. The molecule has 0 fully saturated rings. The number of carbonyl (C=O) groups excluding carboxylic acids is 1. The molecular weight excluding hydrogens is 534 g/mol. The van der Waals surface area contributed by atoms with Gasteiger partial charge in [0.05, 0.1) is 18.8 Å². The zero-order valence-electron chi connectivity index (χ0n) is 28.6. The Labute approximate surface area is 267 Å². The van der Waals surface area contributed by atoms with Gasteiger partial charge in [-0.1, -0.05) is 167 Å². The summed E-state index contributed by atoms with van der Waals surface area (Å²) >= 11 is 0. The predicted octanol–water partition coefficient (Wildman–Crippen LogP) is 9.87. The number of allylic oxidation sites excluding steroid dienone is 3. The first-order valence-electron chi connectivity index (χ1n) is 18.7. The predicted molar refractivity (Wildman–Crippen MR) is 185 cm³/mol. The molecule has 5 heteroatoms. The molecule has 3 unspecified atom stereocenters. The molecule has 0 saturated carbocycles. The summed E-state index contributed by atoms with van der Waals surface area (Å²) in [6.45, 7) is 4.15. The van der Waals surface area contributed by atoms with E-state index in [-0.39, 0.29) is 6.61 Å². The number of rotatable bonds is 33. The molecule has 0 saturated heterocycles. The van der Waals surface area contributed by atoms with Gasteiger partial charge in [0.2, 0.25) is 5.91 Å². The van der Waals surface area contributed by atoms with Crippen LogP contribution in [-0.4, -0.2) is 46.1 Å². The van der Waals surface area contributed by atoms with Crippen molar-refractivity contribution in [2.24, 2.45) is 0 Å². The second-order valence-electron chi connectivity index (χ2n) is 12.8. The molecule has 0 aromatic heterocycles. The van der Waals surface area contributed by atoms with Gasteiger partial charge in [-0.3, -0.25) is 4.79 Å². The first kappa shape index (κ1) is 41.8. The van der Waals surface area contributed by atoms with Crippen LogP contribution < -0.4 is 5.32 Å². The molecule has 0 aliphatic carbocycles. The van der Waals surface area contributed by atoms with Gasteiger partial charge in [0, 0.05) is 0 Å². The second-order valence-corrected chi connectivity index (χ2v) is 12.8. The lowest BCUT2D eigenvalue weighted by atomic mass is 10.0. The van der Waals surface area contributed by atoms with Gasteiger partial charge in [-0.25, -0.2) is 0 Å². The lowest BCUT2D eigenvalue weighted by Crippen LogP contribution is -2.48. The van der Waals surface area contributed by atoms with Crippen LogP contribution in [0.3, 0.4) is 0 Å². The van der Waals surface area contributed by atoms with E-state index in [2.05, 4.69) is 31.3 Å². The van der Waals surface area contributed by atoms with Crippen molar-refractivity contribution >= 4 is 5.91 Å². The van der Waals surface area contributed by atoms with Crippen molar-refractivity contribution in [3.8, 4) is 0 Å². The van der Waals surface area contributed by atoms with Crippen LogP contribution in [0.5, 0.6) is 0 Å². The summed E-state index contributed by atoms with van der Waals surface area (Å²) in [7, 11) is 0. The molecule has 0 radical (unpaired) electrons. The first-order valence-corrected chi connectivity index (χ1v) is 18.7. The van der Waals surface area contributed by atoms with Crippen LogP contribution in [0, 0.1) is 0 Å². The average Bonchev–Trinajstić information content (AvgIpc) is 3.01. The zero-order valence-corrected chi connectivity index (χ0v) is 28.6. The van der Waals surface area contributed by atoms with Gasteiger partial charge < -0.3 is 20.6 Å². The Kier molecular flexibility index (Phi) is 32.8. The van der Waals surface area contributed by atoms with Crippen molar-refractivity contribution in [3.63, 3.8) is 0 Å². The van der Waals surface area contributed by atoms with E-state index in [0.29, 0.717) is 6.42 Å². The van der Waals surface area contributed by atoms with Crippen molar-refractivity contribution < 1.29 is 20.1 Å². The van der Waals surface area contributed by atoms with E-state index in [4.69, 9.17) is 0 Å². The highest BCUT2D eigenvalue weighted by atomic mass is 16.3. The van der Waals surface area contributed by atoms with Gasteiger partial charge in [0.15, 0.2) is 0 Å². The molecule has 254 valence electrons. The van der Waals surface area contributed by atoms with E-state index in [9.17, 15) is 20.1 Å². The van der Waals surface area contributed by atoms with Crippen molar-refractivity contribution in [1.82, 2.24) is 5.32 Å². The molecule has 5 nitrogen and oxygen atoms in total. The summed E-state index contributed by atoms with van der Waals surface area (Å²) in [6.07, 6.45) is 39.0.